The smallest absolute Gasteiger partial charge is 0.174 e. The van der Waals surface area contributed by atoms with Gasteiger partial charge in [-0.1, -0.05) is 23.8 Å². The Balaban J connectivity index is 1.94. The van der Waals surface area contributed by atoms with E-state index in [4.69, 9.17) is 0 Å². The number of allylic oxidation sites excluding steroid dienone is 2. The van der Waals surface area contributed by atoms with Crippen LogP contribution in [0.4, 0.5) is 0 Å². The van der Waals surface area contributed by atoms with Crippen LogP contribution in [0.5, 0.6) is 0 Å². The van der Waals surface area contributed by atoms with Crippen LogP contribution in [0.2, 0.25) is 0 Å². The van der Waals surface area contributed by atoms with Crippen molar-refractivity contribution in [3.8, 4) is 0 Å². The Morgan fingerprint density at radius 1 is 1.15 bits per heavy atom. The zero-order valence-electron chi connectivity index (χ0n) is 15.5. The molecule has 0 saturated carbocycles. The van der Waals surface area contributed by atoms with Crippen LogP contribution in [-0.2, 0) is 16.0 Å². The molecule has 1 heterocycles. The average molecular weight is 349 g/mol. The second kappa shape index (κ2) is 6.96. The van der Waals surface area contributed by atoms with E-state index < -0.39 is 12.0 Å². The molecule has 2 aromatic rings. The second-order valence-electron chi connectivity index (χ2n) is 7.07. The van der Waals surface area contributed by atoms with Crippen LogP contribution in [0.1, 0.15) is 52.5 Å². The van der Waals surface area contributed by atoms with Crippen molar-refractivity contribution in [1.82, 2.24) is 4.98 Å². The number of rotatable bonds is 4. The topological polar surface area (TPSA) is 67.3 Å². The maximum absolute atomic E-state index is 13.0. The van der Waals surface area contributed by atoms with E-state index in [0.717, 1.165) is 22.3 Å². The van der Waals surface area contributed by atoms with Gasteiger partial charge < -0.3 is 5.11 Å². The summed E-state index contributed by atoms with van der Waals surface area (Å²) in [5.74, 6) is -1.09. The summed E-state index contributed by atoms with van der Waals surface area (Å²) in [6.45, 7) is 7.55. The molecule has 2 unspecified atom stereocenters. The third kappa shape index (κ3) is 3.25. The molecule has 4 heteroatoms. The summed E-state index contributed by atoms with van der Waals surface area (Å²) >= 11 is 0. The standard InChI is InChI=1S/C22H23NO3/c1-12-8-13(2)20(14(3)9-12)21-19(25)11-16(22(21)26)10-18-17(15(4)24)6-5-7-23-18/h5-9,11,15,21,24H,10H2,1-4H3. The number of aromatic nitrogens is 1. The number of nitrogens with zero attached hydrogens (tertiary/aromatic N) is 1. The Labute approximate surface area is 153 Å². The molecule has 0 amide bonds. The highest BCUT2D eigenvalue weighted by Crippen LogP contribution is 2.34. The molecule has 3 rings (SSSR count). The minimum absolute atomic E-state index is 0.160. The van der Waals surface area contributed by atoms with E-state index >= 15 is 0 Å². The Kier molecular flexibility index (Phi) is 4.88. The van der Waals surface area contributed by atoms with E-state index in [-0.39, 0.29) is 18.0 Å². The molecule has 0 aliphatic heterocycles. The molecule has 0 saturated heterocycles. The van der Waals surface area contributed by atoms with Crippen molar-refractivity contribution < 1.29 is 14.7 Å². The lowest BCUT2D eigenvalue weighted by Gasteiger charge is -2.16. The van der Waals surface area contributed by atoms with Crippen molar-refractivity contribution in [3.63, 3.8) is 0 Å². The number of benzene rings is 1. The zero-order chi connectivity index (χ0) is 19.0. The molecule has 4 nitrogen and oxygen atoms in total. The van der Waals surface area contributed by atoms with E-state index in [2.05, 4.69) is 4.98 Å². The predicted molar refractivity (Wildman–Crippen MR) is 100 cm³/mol. The number of aliphatic hydroxyl groups is 1. The third-order valence-electron chi connectivity index (χ3n) is 4.94. The molecule has 0 radical (unpaired) electrons. The first-order chi connectivity index (χ1) is 12.3. The van der Waals surface area contributed by atoms with E-state index in [1.54, 1.807) is 25.3 Å². The van der Waals surface area contributed by atoms with Crippen molar-refractivity contribution in [2.45, 2.75) is 46.1 Å². The number of aliphatic hydroxyl groups excluding tert-OH is 1. The van der Waals surface area contributed by atoms with Crippen molar-refractivity contribution in [3.05, 3.63) is 75.6 Å². The molecule has 134 valence electrons. The molecule has 0 fully saturated rings. The molecule has 0 spiro atoms. The van der Waals surface area contributed by atoms with Crippen molar-refractivity contribution >= 4 is 11.6 Å². The number of ketones is 2. The second-order valence-corrected chi connectivity index (χ2v) is 7.07. The molecular weight excluding hydrogens is 326 g/mol. The highest BCUT2D eigenvalue weighted by atomic mass is 16.3. The van der Waals surface area contributed by atoms with Crippen molar-refractivity contribution in [2.75, 3.05) is 0 Å². The summed E-state index contributed by atoms with van der Waals surface area (Å²) in [6, 6.07) is 7.56. The zero-order valence-corrected chi connectivity index (χ0v) is 15.5. The number of pyridine rings is 1. The summed E-state index contributed by atoms with van der Waals surface area (Å²) < 4.78 is 0. The monoisotopic (exact) mass is 349 g/mol. The fraction of sp³-hybridized carbons (Fsp3) is 0.318. The summed E-state index contributed by atoms with van der Waals surface area (Å²) in [7, 11) is 0. The Morgan fingerprint density at radius 3 is 2.42 bits per heavy atom. The Morgan fingerprint density at radius 2 is 1.81 bits per heavy atom. The normalized spacial score (nSPS) is 18.2. The first-order valence-corrected chi connectivity index (χ1v) is 8.77. The van der Waals surface area contributed by atoms with Gasteiger partial charge in [0.15, 0.2) is 11.6 Å². The van der Waals surface area contributed by atoms with E-state index in [9.17, 15) is 14.7 Å². The average Bonchev–Trinajstić information content (AvgIpc) is 2.82. The lowest BCUT2D eigenvalue weighted by atomic mass is 9.85. The summed E-state index contributed by atoms with van der Waals surface area (Å²) in [5, 5.41) is 9.91. The summed E-state index contributed by atoms with van der Waals surface area (Å²) in [6.07, 6.45) is 2.66. The summed E-state index contributed by atoms with van der Waals surface area (Å²) in [4.78, 5) is 29.9. The first-order valence-electron chi connectivity index (χ1n) is 8.77. The van der Waals surface area contributed by atoms with Gasteiger partial charge in [0.1, 0.15) is 5.92 Å². The lowest BCUT2D eigenvalue weighted by Crippen LogP contribution is -2.18. The number of aryl methyl sites for hydroxylation is 3. The largest absolute Gasteiger partial charge is 0.389 e. The van der Waals surface area contributed by atoms with Crippen LogP contribution >= 0.6 is 0 Å². The highest BCUT2D eigenvalue weighted by Gasteiger charge is 2.37. The third-order valence-corrected chi connectivity index (χ3v) is 4.94. The van der Waals surface area contributed by atoms with Gasteiger partial charge in [-0.05, 0) is 56.5 Å². The molecule has 1 aliphatic rings. The van der Waals surface area contributed by atoms with Crippen LogP contribution in [0.3, 0.4) is 0 Å². The van der Waals surface area contributed by atoms with Gasteiger partial charge in [0.05, 0.1) is 11.8 Å². The number of carbonyl (C=O) groups is 2. The molecule has 1 N–H and O–H groups in total. The van der Waals surface area contributed by atoms with E-state index in [1.165, 1.54) is 6.08 Å². The molecule has 0 bridgehead atoms. The molecular formula is C22H23NO3. The SMILES string of the molecule is Cc1cc(C)c(C2C(=O)C=C(Cc3ncccc3C(C)O)C2=O)c(C)c1. The highest BCUT2D eigenvalue weighted by molar-refractivity contribution is 6.25. The van der Waals surface area contributed by atoms with Gasteiger partial charge in [0, 0.05) is 23.8 Å². The minimum atomic E-state index is -0.760. The predicted octanol–water partition coefficient (Wildman–Crippen LogP) is 3.46. The molecule has 1 aromatic heterocycles. The van der Waals surface area contributed by atoms with Gasteiger partial charge in [-0.2, -0.15) is 0 Å². The number of hydrogen-bond donors (Lipinski definition) is 1. The number of carbonyl (C=O) groups excluding carboxylic acids is 2. The number of hydrogen-bond acceptors (Lipinski definition) is 4. The number of Topliss-reactive ketones (excluding diaryl/α,β-unsaturated/α-hetero) is 1. The van der Waals surface area contributed by atoms with Gasteiger partial charge in [-0.15, -0.1) is 0 Å². The van der Waals surface area contributed by atoms with Gasteiger partial charge in [0.2, 0.25) is 0 Å². The van der Waals surface area contributed by atoms with Gasteiger partial charge in [-0.25, -0.2) is 0 Å². The molecule has 2 atom stereocenters. The fourth-order valence-corrected chi connectivity index (χ4v) is 3.86. The van der Waals surface area contributed by atoms with Gasteiger partial charge in [0.25, 0.3) is 0 Å². The molecule has 1 aromatic carbocycles. The van der Waals surface area contributed by atoms with E-state index in [0.29, 0.717) is 16.8 Å². The maximum atomic E-state index is 13.0. The quantitative estimate of drug-likeness (QED) is 0.859. The Hall–Kier alpha value is -2.59. The Bertz CT molecular complexity index is 902. The summed E-state index contributed by atoms with van der Waals surface area (Å²) in [5.41, 5.74) is 5.63. The van der Waals surface area contributed by atoms with E-state index in [1.807, 2.05) is 32.9 Å². The van der Waals surface area contributed by atoms with Gasteiger partial charge >= 0.3 is 0 Å². The van der Waals surface area contributed by atoms with Crippen LogP contribution in [-0.4, -0.2) is 21.7 Å². The molecule has 26 heavy (non-hydrogen) atoms. The van der Waals surface area contributed by atoms with Crippen molar-refractivity contribution in [1.29, 1.82) is 0 Å². The minimum Gasteiger partial charge on any atom is -0.389 e. The fourth-order valence-electron chi connectivity index (χ4n) is 3.86. The first kappa shape index (κ1) is 18.2. The maximum Gasteiger partial charge on any atom is 0.174 e. The van der Waals surface area contributed by atoms with Crippen LogP contribution in [0, 0.1) is 20.8 Å². The van der Waals surface area contributed by atoms with Crippen LogP contribution < -0.4 is 0 Å². The molecule has 1 aliphatic carbocycles. The lowest BCUT2D eigenvalue weighted by molar-refractivity contribution is -0.122. The van der Waals surface area contributed by atoms with Crippen molar-refractivity contribution in [2.24, 2.45) is 0 Å². The van der Waals surface area contributed by atoms with Crippen LogP contribution in [0.25, 0.3) is 0 Å². The van der Waals surface area contributed by atoms with Gasteiger partial charge in [-0.3, -0.25) is 14.6 Å². The van der Waals surface area contributed by atoms with Crippen LogP contribution in [0.15, 0.2) is 42.1 Å².